The van der Waals surface area contributed by atoms with Crippen molar-refractivity contribution in [2.24, 2.45) is 0 Å². The van der Waals surface area contributed by atoms with Crippen LogP contribution in [-0.2, 0) is 21.9 Å². The number of rotatable bonds is 8. The van der Waals surface area contributed by atoms with Gasteiger partial charge in [0.2, 0.25) is 0 Å². The molecule has 1 unspecified atom stereocenters. The Morgan fingerprint density at radius 2 is 1.80 bits per heavy atom. The molecule has 2 aromatic carbocycles. The molecule has 6 nitrogen and oxygen atoms in total. The highest BCUT2D eigenvalue weighted by Gasteiger charge is 2.21. The fourth-order valence-corrected chi connectivity index (χ4v) is 4.19. The number of aromatic hydroxyl groups is 1. The van der Waals surface area contributed by atoms with Crippen LogP contribution in [0.4, 0.5) is 5.69 Å². The van der Waals surface area contributed by atoms with Crippen LogP contribution in [0.1, 0.15) is 68.9 Å². The maximum atomic E-state index is 13.0. The van der Waals surface area contributed by atoms with Crippen LogP contribution >= 0.6 is 0 Å². The normalized spacial score (nSPS) is 13.1. The number of phenols is 1. The molecule has 2 aromatic rings. The number of aryl methyl sites for hydroxylation is 1. The summed E-state index contributed by atoms with van der Waals surface area (Å²) in [5.74, 6) is -0.682. The van der Waals surface area contributed by atoms with Gasteiger partial charge in [-0.05, 0) is 67.0 Å². The maximum Gasteiger partial charge on any atom is 0.261 e. The third-order valence-electron chi connectivity index (χ3n) is 5.09. The molecule has 0 bridgehead atoms. The Hall–Kier alpha value is -2.38. The van der Waals surface area contributed by atoms with Crippen molar-refractivity contribution in [3.63, 3.8) is 0 Å². The lowest BCUT2D eigenvalue weighted by atomic mass is 9.85. The number of anilines is 1. The Morgan fingerprint density at radius 3 is 2.37 bits per heavy atom. The van der Waals surface area contributed by atoms with Gasteiger partial charge in [-0.1, -0.05) is 39.8 Å². The predicted molar refractivity (Wildman–Crippen MR) is 119 cm³/mol. The number of aliphatic hydroxyl groups excluding tert-OH is 1. The SMILES string of the molecule is CCC(O)CCc1cc(C(C)(C)C)ccc1NS(=O)(=O)c1ccc(O)c(C(C)=O)c1. The van der Waals surface area contributed by atoms with Gasteiger partial charge in [0.1, 0.15) is 5.75 Å². The van der Waals surface area contributed by atoms with Crippen LogP contribution in [0.2, 0.25) is 0 Å². The standard InChI is InChI=1S/C23H31NO5S/c1-6-18(26)9-7-16-13-17(23(3,4)5)8-11-21(16)24-30(28,29)19-10-12-22(27)20(14-19)15(2)25/h8,10-14,18,24,26-27H,6-7,9H2,1-5H3. The molecular formula is C23H31NO5S. The lowest BCUT2D eigenvalue weighted by molar-refractivity contribution is 0.101. The van der Waals surface area contributed by atoms with Crippen molar-refractivity contribution in [1.82, 2.24) is 0 Å². The fourth-order valence-electron chi connectivity index (χ4n) is 3.06. The molecule has 0 fully saturated rings. The lowest BCUT2D eigenvalue weighted by Gasteiger charge is -2.22. The zero-order valence-electron chi connectivity index (χ0n) is 18.2. The van der Waals surface area contributed by atoms with Crippen LogP contribution in [0, 0.1) is 0 Å². The summed E-state index contributed by atoms with van der Waals surface area (Å²) < 4.78 is 28.5. The van der Waals surface area contributed by atoms with Crippen LogP contribution in [0.3, 0.4) is 0 Å². The first-order valence-electron chi connectivity index (χ1n) is 10.0. The van der Waals surface area contributed by atoms with Crippen molar-refractivity contribution in [1.29, 1.82) is 0 Å². The number of phenolic OH excluding ortho intramolecular Hbond substituents is 1. The second-order valence-corrected chi connectivity index (χ2v) is 10.2. The van der Waals surface area contributed by atoms with Gasteiger partial charge < -0.3 is 10.2 Å². The second kappa shape index (κ2) is 9.18. The minimum absolute atomic E-state index is 0.0488. The van der Waals surface area contributed by atoms with Crippen LogP contribution < -0.4 is 4.72 Å². The highest BCUT2D eigenvalue weighted by atomic mass is 32.2. The minimum atomic E-state index is -3.98. The molecule has 164 valence electrons. The van der Waals surface area contributed by atoms with E-state index in [9.17, 15) is 23.4 Å². The molecular weight excluding hydrogens is 402 g/mol. The van der Waals surface area contributed by atoms with E-state index in [2.05, 4.69) is 25.5 Å². The van der Waals surface area contributed by atoms with E-state index >= 15 is 0 Å². The number of nitrogens with one attached hydrogen (secondary N) is 1. The predicted octanol–water partition coefficient (Wildman–Crippen LogP) is 4.40. The van der Waals surface area contributed by atoms with Gasteiger partial charge in [-0.2, -0.15) is 0 Å². The zero-order chi connectivity index (χ0) is 22.7. The van der Waals surface area contributed by atoms with E-state index in [1.54, 1.807) is 6.07 Å². The van der Waals surface area contributed by atoms with Gasteiger partial charge in [0.15, 0.2) is 5.78 Å². The first kappa shape index (κ1) is 23.9. The molecule has 0 aromatic heterocycles. The molecule has 0 spiro atoms. The Labute approximate surface area is 179 Å². The molecule has 0 amide bonds. The number of aliphatic hydroxyl groups is 1. The number of hydrogen-bond donors (Lipinski definition) is 3. The Kier molecular flexibility index (Phi) is 7.31. The summed E-state index contributed by atoms with van der Waals surface area (Å²) >= 11 is 0. The van der Waals surface area contributed by atoms with Gasteiger partial charge >= 0.3 is 0 Å². The summed E-state index contributed by atoms with van der Waals surface area (Å²) in [6, 6.07) is 9.22. The highest BCUT2D eigenvalue weighted by Crippen LogP contribution is 2.30. The molecule has 0 aliphatic carbocycles. The van der Waals surface area contributed by atoms with Crippen molar-refractivity contribution >= 4 is 21.5 Å². The van der Waals surface area contributed by atoms with E-state index in [4.69, 9.17) is 0 Å². The largest absolute Gasteiger partial charge is 0.507 e. The number of sulfonamides is 1. The van der Waals surface area contributed by atoms with Gasteiger partial charge in [0, 0.05) is 0 Å². The molecule has 30 heavy (non-hydrogen) atoms. The summed E-state index contributed by atoms with van der Waals surface area (Å²) in [7, 11) is -3.98. The van der Waals surface area contributed by atoms with E-state index < -0.39 is 21.9 Å². The van der Waals surface area contributed by atoms with Crippen molar-refractivity contribution in [2.45, 2.75) is 70.3 Å². The molecule has 7 heteroatoms. The fraction of sp³-hybridized carbons (Fsp3) is 0.435. The van der Waals surface area contributed by atoms with Gasteiger partial charge in [-0.25, -0.2) is 8.42 Å². The molecule has 0 heterocycles. The Bertz CT molecular complexity index is 1020. The number of hydrogen-bond acceptors (Lipinski definition) is 5. The first-order valence-corrected chi connectivity index (χ1v) is 11.5. The molecule has 0 aliphatic heterocycles. The number of ketones is 1. The third kappa shape index (κ3) is 5.83. The molecule has 3 N–H and O–H groups in total. The number of benzene rings is 2. The quantitative estimate of drug-likeness (QED) is 0.536. The van der Waals surface area contributed by atoms with Crippen molar-refractivity contribution in [2.75, 3.05) is 4.72 Å². The molecule has 0 saturated carbocycles. The lowest BCUT2D eigenvalue weighted by Crippen LogP contribution is -2.17. The van der Waals surface area contributed by atoms with E-state index in [1.807, 2.05) is 19.1 Å². The first-order chi connectivity index (χ1) is 13.8. The number of carbonyl (C=O) groups excluding carboxylic acids is 1. The summed E-state index contributed by atoms with van der Waals surface area (Å²) in [5.41, 5.74) is 2.14. The van der Waals surface area contributed by atoms with Crippen LogP contribution in [0.5, 0.6) is 5.75 Å². The van der Waals surface area contributed by atoms with E-state index in [0.29, 0.717) is 24.9 Å². The Balaban J connectivity index is 2.44. The van der Waals surface area contributed by atoms with Gasteiger partial charge in [0.25, 0.3) is 10.0 Å². The summed E-state index contributed by atoms with van der Waals surface area (Å²) in [6.07, 6.45) is 1.21. The molecule has 0 aliphatic rings. The van der Waals surface area contributed by atoms with E-state index in [0.717, 1.165) is 11.1 Å². The van der Waals surface area contributed by atoms with Gasteiger partial charge in [-0.15, -0.1) is 0 Å². The van der Waals surface area contributed by atoms with Crippen molar-refractivity contribution in [3.05, 3.63) is 53.1 Å². The molecule has 2 rings (SSSR count). The number of Topliss-reactive ketones (excluding diaryl/α,β-unsaturated/α-hetero) is 1. The highest BCUT2D eigenvalue weighted by molar-refractivity contribution is 7.92. The maximum absolute atomic E-state index is 13.0. The minimum Gasteiger partial charge on any atom is -0.507 e. The summed E-state index contributed by atoms with van der Waals surface area (Å²) in [6.45, 7) is 9.41. The van der Waals surface area contributed by atoms with Crippen molar-refractivity contribution in [3.8, 4) is 5.75 Å². The van der Waals surface area contributed by atoms with Crippen molar-refractivity contribution < 1.29 is 23.4 Å². The van der Waals surface area contributed by atoms with Crippen LogP contribution in [0.25, 0.3) is 0 Å². The Morgan fingerprint density at radius 1 is 1.13 bits per heavy atom. The van der Waals surface area contributed by atoms with Crippen LogP contribution in [-0.4, -0.2) is 30.5 Å². The number of carbonyl (C=O) groups is 1. The van der Waals surface area contributed by atoms with E-state index in [-0.39, 0.29) is 21.6 Å². The average molecular weight is 434 g/mol. The third-order valence-corrected chi connectivity index (χ3v) is 6.45. The van der Waals surface area contributed by atoms with Gasteiger partial charge in [-0.3, -0.25) is 9.52 Å². The van der Waals surface area contributed by atoms with E-state index in [1.165, 1.54) is 25.1 Å². The molecule has 0 radical (unpaired) electrons. The topological polar surface area (TPSA) is 104 Å². The molecule has 0 saturated heterocycles. The van der Waals surface area contributed by atoms with Gasteiger partial charge in [0.05, 0.1) is 22.3 Å². The smallest absolute Gasteiger partial charge is 0.261 e. The zero-order valence-corrected chi connectivity index (χ0v) is 19.0. The second-order valence-electron chi connectivity index (χ2n) is 8.56. The monoisotopic (exact) mass is 433 g/mol. The molecule has 1 atom stereocenters. The summed E-state index contributed by atoms with van der Waals surface area (Å²) in [4.78, 5) is 11.6. The van der Waals surface area contributed by atoms with Crippen LogP contribution in [0.15, 0.2) is 41.3 Å². The average Bonchev–Trinajstić information content (AvgIpc) is 2.65. The summed E-state index contributed by atoms with van der Waals surface area (Å²) in [5, 5.41) is 19.8.